The molecule has 0 aromatic heterocycles. The number of esters is 3. The largest absolute Gasteiger partial charge is 0.456 e. The van der Waals surface area contributed by atoms with Gasteiger partial charge in [0.05, 0.1) is 16.9 Å². The minimum absolute atomic E-state index is 0.137. The Labute approximate surface area is 158 Å². The fourth-order valence-corrected chi connectivity index (χ4v) is 6.93. The van der Waals surface area contributed by atoms with Gasteiger partial charge in [0.15, 0.2) is 6.10 Å². The number of carbonyl (C=O) groups is 3. The van der Waals surface area contributed by atoms with Crippen LogP contribution in [0.4, 0.5) is 0 Å². The van der Waals surface area contributed by atoms with Crippen molar-refractivity contribution in [1.29, 1.82) is 0 Å². The van der Waals surface area contributed by atoms with Gasteiger partial charge in [-0.1, -0.05) is 20.8 Å². The number of hydrogen-bond acceptors (Lipinski definition) is 9. The van der Waals surface area contributed by atoms with Crippen molar-refractivity contribution in [1.82, 2.24) is 0 Å². The number of fused-ring (bicyclic) bond motifs is 1. The van der Waals surface area contributed by atoms with Gasteiger partial charge in [0.2, 0.25) is 11.9 Å². The number of aliphatic hydroxyl groups excluding tert-OH is 2. The molecule has 2 spiro atoms. The average Bonchev–Trinajstić information content (AvgIpc) is 3.29. The molecule has 4 heterocycles. The number of aliphatic hydroxyl groups is 2. The van der Waals surface area contributed by atoms with Crippen LogP contribution in [0.3, 0.4) is 0 Å². The van der Waals surface area contributed by atoms with Crippen LogP contribution in [-0.2, 0) is 33.3 Å². The third-order valence-corrected chi connectivity index (χ3v) is 7.42. The van der Waals surface area contributed by atoms with Crippen molar-refractivity contribution < 1.29 is 43.5 Å². The van der Waals surface area contributed by atoms with Crippen LogP contribution >= 0.6 is 0 Å². The molecule has 9 heteroatoms. The van der Waals surface area contributed by atoms with Gasteiger partial charge in [-0.15, -0.1) is 0 Å². The van der Waals surface area contributed by atoms with Crippen LogP contribution in [0.25, 0.3) is 0 Å². The minimum atomic E-state index is -1.81. The SMILES string of the molecule is CC(C)(C)[C@@H]1[C@@H](O)C2OC(=O)[C@@]34OC5OC(=O)[C@H](O)C51C23C=C1OC(=O)C=C14. The number of carbonyl (C=O) groups excluding carboxylic acids is 3. The van der Waals surface area contributed by atoms with Crippen LogP contribution < -0.4 is 0 Å². The molecule has 0 radical (unpaired) electrons. The highest BCUT2D eigenvalue weighted by Crippen LogP contribution is 2.82. The van der Waals surface area contributed by atoms with Gasteiger partial charge in [0.1, 0.15) is 11.9 Å². The fourth-order valence-electron chi connectivity index (χ4n) is 6.93. The van der Waals surface area contributed by atoms with Crippen molar-refractivity contribution in [2.45, 2.75) is 51.0 Å². The Morgan fingerprint density at radius 3 is 2.50 bits per heavy atom. The third-order valence-electron chi connectivity index (χ3n) is 7.42. The van der Waals surface area contributed by atoms with Crippen molar-refractivity contribution in [3.63, 3.8) is 0 Å². The molecule has 4 unspecified atom stereocenters. The van der Waals surface area contributed by atoms with E-state index >= 15 is 0 Å². The highest BCUT2D eigenvalue weighted by Gasteiger charge is 2.97. The maximum Gasteiger partial charge on any atom is 0.344 e. The molecule has 2 N–H and O–H groups in total. The summed E-state index contributed by atoms with van der Waals surface area (Å²) in [5.41, 5.74) is -5.16. The van der Waals surface area contributed by atoms with E-state index < -0.39 is 70.3 Å². The molecule has 4 fully saturated rings. The summed E-state index contributed by atoms with van der Waals surface area (Å²) < 4.78 is 22.3. The van der Waals surface area contributed by atoms with E-state index in [0.717, 1.165) is 6.08 Å². The highest BCUT2D eigenvalue weighted by molar-refractivity contribution is 6.00. The molecule has 1 saturated carbocycles. The Hall–Kier alpha value is -2.23. The summed E-state index contributed by atoms with van der Waals surface area (Å²) in [5.74, 6) is -2.90. The van der Waals surface area contributed by atoms with E-state index in [2.05, 4.69) is 0 Å². The number of hydrogen-bond donors (Lipinski definition) is 2. The summed E-state index contributed by atoms with van der Waals surface area (Å²) in [6.45, 7) is 5.60. The Morgan fingerprint density at radius 2 is 1.82 bits per heavy atom. The highest BCUT2D eigenvalue weighted by atomic mass is 16.7. The van der Waals surface area contributed by atoms with Crippen molar-refractivity contribution in [3.05, 3.63) is 23.5 Å². The van der Waals surface area contributed by atoms with Crippen molar-refractivity contribution in [2.24, 2.45) is 22.2 Å². The summed E-state index contributed by atoms with van der Waals surface area (Å²) in [5, 5.41) is 22.4. The summed E-state index contributed by atoms with van der Waals surface area (Å²) in [6.07, 6.45) is -2.51. The van der Waals surface area contributed by atoms with E-state index in [9.17, 15) is 24.6 Å². The van der Waals surface area contributed by atoms with Gasteiger partial charge in [-0.3, -0.25) is 0 Å². The second-order valence-electron chi connectivity index (χ2n) is 9.42. The van der Waals surface area contributed by atoms with Gasteiger partial charge < -0.3 is 29.2 Å². The molecular formula is C19H18O9. The Kier molecular flexibility index (Phi) is 2.50. The summed E-state index contributed by atoms with van der Waals surface area (Å²) in [6, 6.07) is 0. The predicted molar refractivity (Wildman–Crippen MR) is 85.7 cm³/mol. The minimum Gasteiger partial charge on any atom is -0.456 e. The van der Waals surface area contributed by atoms with E-state index in [-0.39, 0.29) is 11.3 Å². The van der Waals surface area contributed by atoms with Gasteiger partial charge in [0.25, 0.3) is 0 Å². The number of ether oxygens (including phenoxy) is 4. The standard InChI is InChI=1S/C19H18O9/c1-16(2,3)10-9(21)12-17-5-7-6(4-8(20)25-7)19(17,14(24)26-12)28-15-18(10,17)11(22)13(23)27-15/h4-5,9-12,15,21-22H,1-3H3/t9-,10+,11+,12?,15?,17?,18?,19-/m1/s1. The summed E-state index contributed by atoms with van der Waals surface area (Å²) in [7, 11) is 0. The molecular weight excluding hydrogens is 372 g/mol. The lowest BCUT2D eigenvalue weighted by atomic mass is 9.52. The topological polar surface area (TPSA) is 129 Å². The molecule has 9 nitrogen and oxygen atoms in total. The summed E-state index contributed by atoms with van der Waals surface area (Å²) in [4.78, 5) is 37.3. The molecule has 4 aliphatic heterocycles. The lowest BCUT2D eigenvalue weighted by Crippen LogP contribution is -2.57. The first kappa shape index (κ1) is 16.7. The average molecular weight is 390 g/mol. The lowest BCUT2D eigenvalue weighted by molar-refractivity contribution is -0.191. The zero-order valence-corrected chi connectivity index (χ0v) is 15.3. The third kappa shape index (κ3) is 1.24. The second kappa shape index (κ2) is 4.19. The van der Waals surface area contributed by atoms with Gasteiger partial charge in [-0.2, -0.15) is 0 Å². The first-order valence-electron chi connectivity index (χ1n) is 9.16. The molecule has 0 amide bonds. The van der Waals surface area contributed by atoms with Gasteiger partial charge in [-0.25, -0.2) is 14.4 Å². The summed E-state index contributed by atoms with van der Waals surface area (Å²) >= 11 is 0. The molecule has 6 aliphatic rings. The van der Waals surface area contributed by atoms with E-state index in [4.69, 9.17) is 18.9 Å². The van der Waals surface area contributed by atoms with Crippen molar-refractivity contribution in [3.8, 4) is 0 Å². The normalized spacial score (nSPS) is 52.5. The van der Waals surface area contributed by atoms with Gasteiger partial charge >= 0.3 is 17.9 Å². The van der Waals surface area contributed by atoms with Crippen LogP contribution in [0.15, 0.2) is 23.5 Å². The molecule has 2 aliphatic carbocycles. The van der Waals surface area contributed by atoms with E-state index in [1.807, 2.05) is 20.8 Å². The molecule has 3 saturated heterocycles. The lowest BCUT2D eigenvalue weighted by Gasteiger charge is -2.45. The zero-order valence-electron chi connectivity index (χ0n) is 15.3. The Balaban J connectivity index is 1.74. The van der Waals surface area contributed by atoms with Crippen molar-refractivity contribution >= 4 is 17.9 Å². The van der Waals surface area contributed by atoms with Crippen molar-refractivity contribution in [2.75, 3.05) is 0 Å². The molecule has 0 aromatic rings. The predicted octanol–water partition coefficient (Wildman–Crippen LogP) is -0.685. The maximum atomic E-state index is 13.1. The van der Waals surface area contributed by atoms with Crippen LogP contribution in [0, 0.1) is 22.2 Å². The molecule has 148 valence electrons. The smallest absolute Gasteiger partial charge is 0.344 e. The molecule has 0 aromatic carbocycles. The van der Waals surface area contributed by atoms with E-state index in [0.29, 0.717) is 0 Å². The quantitative estimate of drug-likeness (QED) is 0.408. The van der Waals surface area contributed by atoms with E-state index in [1.54, 1.807) is 0 Å². The number of rotatable bonds is 0. The first-order valence-corrected chi connectivity index (χ1v) is 9.16. The fraction of sp³-hybridized carbons (Fsp3) is 0.632. The van der Waals surface area contributed by atoms with Crippen LogP contribution in [0.2, 0.25) is 0 Å². The van der Waals surface area contributed by atoms with E-state index in [1.165, 1.54) is 6.08 Å². The van der Waals surface area contributed by atoms with Crippen LogP contribution in [0.1, 0.15) is 20.8 Å². The van der Waals surface area contributed by atoms with Gasteiger partial charge in [0, 0.05) is 17.6 Å². The second-order valence-corrected chi connectivity index (χ2v) is 9.42. The molecule has 6 rings (SSSR count). The molecule has 28 heavy (non-hydrogen) atoms. The Morgan fingerprint density at radius 1 is 1.11 bits per heavy atom. The monoisotopic (exact) mass is 390 g/mol. The first-order chi connectivity index (χ1) is 13.0. The zero-order chi connectivity index (χ0) is 20.0. The maximum absolute atomic E-state index is 13.1. The van der Waals surface area contributed by atoms with Crippen LogP contribution in [0.5, 0.6) is 0 Å². The molecule has 0 bridgehead atoms. The Bertz CT molecular complexity index is 957. The van der Waals surface area contributed by atoms with Crippen LogP contribution in [-0.4, -0.2) is 58.3 Å². The van der Waals surface area contributed by atoms with Gasteiger partial charge in [-0.05, 0) is 11.5 Å². The molecule has 8 atom stereocenters.